The Balaban J connectivity index is 0.00000192. The summed E-state index contributed by atoms with van der Waals surface area (Å²) in [6.07, 6.45) is 0.899. The van der Waals surface area contributed by atoms with Gasteiger partial charge in [0.1, 0.15) is 0 Å². The normalized spacial score (nSPS) is 12.7. The molecule has 1 aliphatic heterocycles. The van der Waals surface area contributed by atoms with Crippen molar-refractivity contribution in [3.05, 3.63) is 46.2 Å². The van der Waals surface area contributed by atoms with Gasteiger partial charge in [-0.05, 0) is 46.5 Å². The lowest BCUT2D eigenvalue weighted by Crippen LogP contribution is -2.37. The Morgan fingerprint density at radius 3 is 2.83 bits per heavy atom. The number of thiophene rings is 1. The monoisotopic (exact) mass is 445 g/mol. The second kappa shape index (κ2) is 8.97. The van der Waals surface area contributed by atoms with Gasteiger partial charge >= 0.3 is 0 Å². The van der Waals surface area contributed by atoms with Crippen LogP contribution in [0, 0.1) is 0 Å². The second-order valence-corrected chi connectivity index (χ2v) is 5.70. The molecule has 0 spiro atoms. The number of nitrogens with one attached hydrogen (secondary N) is 2. The quantitative estimate of drug-likeness (QED) is 0.422. The maximum atomic E-state index is 5.39. The standard InChI is InChI=1S/C16H19N3O2S.HI/c1-17-16(19-9-13-5-7-22-10-13)18-6-4-12-2-3-14-15(8-12)21-11-20-14;/h2-3,5,7-8,10H,4,6,9,11H2,1H3,(H2,17,18,19);1H. The molecule has 2 N–H and O–H groups in total. The Kier molecular flexibility index (Phi) is 6.97. The van der Waals surface area contributed by atoms with Crippen molar-refractivity contribution in [2.24, 2.45) is 4.99 Å². The van der Waals surface area contributed by atoms with Crippen LogP contribution in [0.5, 0.6) is 11.5 Å². The molecule has 2 heterocycles. The van der Waals surface area contributed by atoms with Crippen molar-refractivity contribution in [2.75, 3.05) is 20.4 Å². The van der Waals surface area contributed by atoms with Crippen LogP contribution in [0.4, 0.5) is 0 Å². The lowest BCUT2D eigenvalue weighted by atomic mass is 10.1. The van der Waals surface area contributed by atoms with Gasteiger partial charge in [-0.3, -0.25) is 4.99 Å². The van der Waals surface area contributed by atoms with Gasteiger partial charge in [0.15, 0.2) is 17.5 Å². The summed E-state index contributed by atoms with van der Waals surface area (Å²) in [4.78, 5) is 4.23. The fourth-order valence-electron chi connectivity index (χ4n) is 2.22. The number of rotatable bonds is 5. The number of aliphatic imine (C=N–C) groups is 1. The van der Waals surface area contributed by atoms with Crippen LogP contribution in [0.1, 0.15) is 11.1 Å². The summed E-state index contributed by atoms with van der Waals surface area (Å²) in [6.45, 7) is 1.91. The Bertz CT molecular complexity index is 647. The zero-order valence-corrected chi connectivity index (χ0v) is 16.0. The fraction of sp³-hybridized carbons (Fsp3) is 0.312. The smallest absolute Gasteiger partial charge is 0.231 e. The summed E-state index contributed by atoms with van der Waals surface area (Å²) in [7, 11) is 1.78. The first kappa shape index (κ1) is 17.9. The molecule has 0 amide bonds. The van der Waals surface area contributed by atoms with Crippen LogP contribution in [0.2, 0.25) is 0 Å². The molecular weight excluding hydrogens is 425 g/mol. The predicted molar refractivity (Wildman–Crippen MR) is 104 cm³/mol. The van der Waals surface area contributed by atoms with Crippen LogP contribution in [-0.2, 0) is 13.0 Å². The van der Waals surface area contributed by atoms with Gasteiger partial charge in [0.05, 0.1) is 0 Å². The lowest BCUT2D eigenvalue weighted by Gasteiger charge is -2.11. The first-order valence-electron chi connectivity index (χ1n) is 7.19. The number of ether oxygens (including phenoxy) is 2. The largest absolute Gasteiger partial charge is 0.454 e. The highest BCUT2D eigenvalue weighted by molar-refractivity contribution is 14.0. The van der Waals surface area contributed by atoms with E-state index >= 15 is 0 Å². The summed E-state index contributed by atoms with van der Waals surface area (Å²) in [5.41, 5.74) is 2.48. The third kappa shape index (κ3) is 5.00. The molecular formula is C16H20IN3O2S. The van der Waals surface area contributed by atoms with Crippen LogP contribution in [-0.4, -0.2) is 26.3 Å². The van der Waals surface area contributed by atoms with E-state index in [1.165, 1.54) is 11.1 Å². The molecule has 0 unspecified atom stereocenters. The van der Waals surface area contributed by atoms with Gasteiger partial charge < -0.3 is 20.1 Å². The Hall–Kier alpha value is -1.48. The molecule has 2 aromatic rings. The van der Waals surface area contributed by atoms with Crippen molar-refractivity contribution >= 4 is 41.3 Å². The SMILES string of the molecule is CN=C(NCCc1ccc2c(c1)OCO2)NCc1ccsc1.I. The number of guanidine groups is 1. The van der Waals surface area contributed by atoms with E-state index in [1.54, 1.807) is 18.4 Å². The van der Waals surface area contributed by atoms with Crippen LogP contribution in [0.3, 0.4) is 0 Å². The predicted octanol–water partition coefficient (Wildman–Crippen LogP) is 3.00. The van der Waals surface area contributed by atoms with Crippen LogP contribution < -0.4 is 20.1 Å². The van der Waals surface area contributed by atoms with E-state index < -0.39 is 0 Å². The molecule has 23 heavy (non-hydrogen) atoms. The third-order valence-corrected chi connectivity index (χ3v) is 4.14. The van der Waals surface area contributed by atoms with Crippen molar-refractivity contribution in [2.45, 2.75) is 13.0 Å². The molecule has 1 aliphatic rings. The second-order valence-electron chi connectivity index (χ2n) is 4.92. The zero-order chi connectivity index (χ0) is 15.2. The molecule has 0 saturated heterocycles. The van der Waals surface area contributed by atoms with E-state index in [1.807, 2.05) is 12.1 Å². The van der Waals surface area contributed by atoms with Crippen molar-refractivity contribution in [3.8, 4) is 11.5 Å². The van der Waals surface area contributed by atoms with Crippen LogP contribution in [0.25, 0.3) is 0 Å². The van der Waals surface area contributed by atoms with E-state index in [0.717, 1.165) is 37.0 Å². The molecule has 1 aromatic heterocycles. The number of benzene rings is 1. The minimum atomic E-state index is 0. The molecule has 3 rings (SSSR count). The molecule has 1 aromatic carbocycles. The van der Waals surface area contributed by atoms with E-state index in [4.69, 9.17) is 9.47 Å². The molecule has 124 valence electrons. The maximum absolute atomic E-state index is 5.39. The van der Waals surface area contributed by atoms with Gasteiger partial charge in [0, 0.05) is 20.1 Å². The molecule has 0 atom stereocenters. The van der Waals surface area contributed by atoms with Crippen molar-refractivity contribution in [3.63, 3.8) is 0 Å². The Morgan fingerprint density at radius 1 is 1.17 bits per heavy atom. The minimum Gasteiger partial charge on any atom is -0.454 e. The first-order valence-corrected chi connectivity index (χ1v) is 8.13. The molecule has 0 radical (unpaired) electrons. The zero-order valence-electron chi connectivity index (χ0n) is 12.9. The summed E-state index contributed by atoms with van der Waals surface area (Å²) < 4.78 is 10.7. The van der Waals surface area contributed by atoms with E-state index in [0.29, 0.717) is 6.79 Å². The molecule has 0 aliphatic carbocycles. The molecule has 0 fully saturated rings. The summed E-state index contributed by atoms with van der Waals surface area (Å²) in [6, 6.07) is 8.17. The first-order chi connectivity index (χ1) is 10.8. The van der Waals surface area contributed by atoms with E-state index in [-0.39, 0.29) is 24.0 Å². The van der Waals surface area contributed by atoms with Gasteiger partial charge in [-0.15, -0.1) is 24.0 Å². The highest BCUT2D eigenvalue weighted by Gasteiger charge is 2.12. The fourth-order valence-corrected chi connectivity index (χ4v) is 2.89. The highest BCUT2D eigenvalue weighted by Crippen LogP contribution is 2.32. The van der Waals surface area contributed by atoms with E-state index in [2.05, 4.69) is 38.5 Å². The van der Waals surface area contributed by atoms with Gasteiger partial charge in [-0.25, -0.2) is 0 Å². The number of hydrogen-bond donors (Lipinski definition) is 2. The molecule has 0 bridgehead atoms. The number of fused-ring (bicyclic) bond motifs is 1. The Labute approximate surface area is 157 Å². The van der Waals surface area contributed by atoms with E-state index in [9.17, 15) is 0 Å². The third-order valence-electron chi connectivity index (χ3n) is 3.41. The number of nitrogens with zero attached hydrogens (tertiary/aromatic N) is 1. The minimum absolute atomic E-state index is 0. The van der Waals surface area contributed by atoms with Crippen molar-refractivity contribution in [1.29, 1.82) is 0 Å². The Morgan fingerprint density at radius 2 is 2.04 bits per heavy atom. The number of halogens is 1. The van der Waals surface area contributed by atoms with Gasteiger partial charge in [-0.1, -0.05) is 6.07 Å². The lowest BCUT2D eigenvalue weighted by molar-refractivity contribution is 0.174. The highest BCUT2D eigenvalue weighted by atomic mass is 127. The molecule has 0 saturated carbocycles. The van der Waals surface area contributed by atoms with Gasteiger partial charge in [-0.2, -0.15) is 11.3 Å². The van der Waals surface area contributed by atoms with Gasteiger partial charge in [0.25, 0.3) is 0 Å². The average molecular weight is 445 g/mol. The molecule has 7 heteroatoms. The van der Waals surface area contributed by atoms with Crippen LogP contribution in [0.15, 0.2) is 40.0 Å². The van der Waals surface area contributed by atoms with Crippen molar-refractivity contribution in [1.82, 2.24) is 10.6 Å². The summed E-state index contributed by atoms with van der Waals surface area (Å²) >= 11 is 1.70. The summed E-state index contributed by atoms with van der Waals surface area (Å²) in [5.74, 6) is 2.47. The van der Waals surface area contributed by atoms with Crippen LogP contribution >= 0.6 is 35.3 Å². The molecule has 5 nitrogen and oxygen atoms in total. The topological polar surface area (TPSA) is 54.9 Å². The maximum Gasteiger partial charge on any atom is 0.231 e. The summed E-state index contributed by atoms with van der Waals surface area (Å²) in [5, 5.41) is 10.8. The van der Waals surface area contributed by atoms with Crippen molar-refractivity contribution < 1.29 is 9.47 Å². The van der Waals surface area contributed by atoms with Gasteiger partial charge in [0.2, 0.25) is 6.79 Å². The average Bonchev–Trinajstić information content (AvgIpc) is 3.21. The number of hydrogen-bond acceptors (Lipinski definition) is 4.